The summed E-state index contributed by atoms with van der Waals surface area (Å²) in [4.78, 5) is 16.3. The summed E-state index contributed by atoms with van der Waals surface area (Å²) in [6.07, 6.45) is 1.61. The fourth-order valence-electron chi connectivity index (χ4n) is 2.49. The summed E-state index contributed by atoms with van der Waals surface area (Å²) < 4.78 is 10.4. The predicted octanol–water partition coefficient (Wildman–Crippen LogP) is 4.55. The Morgan fingerprint density at radius 3 is 2.52 bits per heavy atom. The molecule has 1 heterocycles. The van der Waals surface area contributed by atoms with Gasteiger partial charge in [-0.15, -0.1) is 0 Å². The number of aromatic nitrogens is 1. The number of fused-ring (bicyclic) bond motifs is 1. The largest absolute Gasteiger partial charge is 0.497 e. The third-order valence-electron chi connectivity index (χ3n) is 3.69. The molecule has 128 valence electrons. The van der Waals surface area contributed by atoms with E-state index < -0.39 is 0 Å². The average molecular weight is 336 g/mol. The molecule has 3 aromatic rings. The molecule has 0 atom stereocenters. The summed E-state index contributed by atoms with van der Waals surface area (Å²) in [5.41, 5.74) is 3.19. The Balaban J connectivity index is 1.83. The SMILES string of the molecule is COc1ccc2c(Nc3ccc(C(=O)OC(C)C)cc3)ccnc2c1. The van der Waals surface area contributed by atoms with E-state index in [0.717, 1.165) is 28.0 Å². The number of nitrogens with zero attached hydrogens (tertiary/aromatic N) is 1. The lowest BCUT2D eigenvalue weighted by Crippen LogP contribution is -2.11. The molecule has 3 rings (SSSR count). The van der Waals surface area contributed by atoms with Crippen LogP contribution >= 0.6 is 0 Å². The van der Waals surface area contributed by atoms with E-state index in [9.17, 15) is 4.79 Å². The van der Waals surface area contributed by atoms with E-state index in [2.05, 4.69) is 10.3 Å². The molecule has 0 fully saturated rings. The van der Waals surface area contributed by atoms with Gasteiger partial charge in [0.1, 0.15) is 5.75 Å². The molecule has 0 saturated carbocycles. The third kappa shape index (κ3) is 3.88. The fraction of sp³-hybridized carbons (Fsp3) is 0.200. The highest BCUT2D eigenvalue weighted by atomic mass is 16.5. The van der Waals surface area contributed by atoms with Crippen molar-refractivity contribution in [3.8, 4) is 5.75 Å². The van der Waals surface area contributed by atoms with Crippen LogP contribution in [0, 0.1) is 0 Å². The first-order chi connectivity index (χ1) is 12.1. The molecule has 5 nitrogen and oxygen atoms in total. The Morgan fingerprint density at radius 1 is 1.08 bits per heavy atom. The molecular weight excluding hydrogens is 316 g/mol. The van der Waals surface area contributed by atoms with Crippen LogP contribution in [0.15, 0.2) is 54.7 Å². The standard InChI is InChI=1S/C20H20N2O3/c1-13(2)25-20(23)14-4-6-15(7-5-14)22-18-10-11-21-19-12-16(24-3)8-9-17(18)19/h4-13H,1-3H3,(H,21,22). The van der Waals surface area contributed by atoms with Gasteiger partial charge >= 0.3 is 5.97 Å². The summed E-state index contributed by atoms with van der Waals surface area (Å²) >= 11 is 0. The Morgan fingerprint density at radius 2 is 1.84 bits per heavy atom. The number of rotatable bonds is 5. The lowest BCUT2D eigenvalue weighted by atomic mass is 10.1. The third-order valence-corrected chi connectivity index (χ3v) is 3.69. The molecule has 0 spiro atoms. The van der Waals surface area contributed by atoms with E-state index in [1.54, 1.807) is 25.4 Å². The number of nitrogens with one attached hydrogen (secondary N) is 1. The summed E-state index contributed by atoms with van der Waals surface area (Å²) in [5.74, 6) is 0.452. The Labute approximate surface area is 146 Å². The number of carbonyl (C=O) groups excluding carboxylic acids is 1. The van der Waals surface area contributed by atoms with Crippen LogP contribution in [0.3, 0.4) is 0 Å². The smallest absolute Gasteiger partial charge is 0.338 e. The number of carbonyl (C=O) groups is 1. The van der Waals surface area contributed by atoms with Crippen LogP contribution in [-0.4, -0.2) is 24.2 Å². The van der Waals surface area contributed by atoms with Crippen molar-refractivity contribution in [1.29, 1.82) is 0 Å². The molecule has 0 amide bonds. The van der Waals surface area contributed by atoms with E-state index in [-0.39, 0.29) is 12.1 Å². The monoisotopic (exact) mass is 336 g/mol. The first-order valence-electron chi connectivity index (χ1n) is 8.07. The second-order valence-electron chi connectivity index (χ2n) is 5.90. The highest BCUT2D eigenvalue weighted by Gasteiger charge is 2.09. The zero-order valence-corrected chi connectivity index (χ0v) is 14.4. The Bertz CT molecular complexity index is 889. The van der Waals surface area contributed by atoms with Crippen LogP contribution in [0.2, 0.25) is 0 Å². The number of ether oxygens (including phenoxy) is 2. The van der Waals surface area contributed by atoms with Gasteiger partial charge in [0.05, 0.1) is 24.3 Å². The van der Waals surface area contributed by atoms with E-state index in [0.29, 0.717) is 5.56 Å². The van der Waals surface area contributed by atoms with Crippen molar-refractivity contribution in [2.24, 2.45) is 0 Å². The zero-order chi connectivity index (χ0) is 17.8. The lowest BCUT2D eigenvalue weighted by molar-refractivity contribution is 0.0378. The van der Waals surface area contributed by atoms with Crippen molar-refractivity contribution < 1.29 is 14.3 Å². The van der Waals surface area contributed by atoms with Crippen molar-refractivity contribution in [3.63, 3.8) is 0 Å². The summed E-state index contributed by atoms with van der Waals surface area (Å²) in [5, 5.41) is 4.35. The van der Waals surface area contributed by atoms with Crippen LogP contribution in [-0.2, 0) is 4.74 Å². The van der Waals surface area contributed by atoms with Crippen LogP contribution in [0.1, 0.15) is 24.2 Å². The van der Waals surface area contributed by atoms with Gasteiger partial charge in [-0.25, -0.2) is 4.79 Å². The highest BCUT2D eigenvalue weighted by molar-refractivity contribution is 5.94. The van der Waals surface area contributed by atoms with Crippen molar-refractivity contribution in [1.82, 2.24) is 4.98 Å². The van der Waals surface area contributed by atoms with Crippen molar-refractivity contribution in [3.05, 3.63) is 60.3 Å². The molecular formula is C20H20N2O3. The molecule has 5 heteroatoms. The van der Waals surface area contributed by atoms with Gasteiger partial charge < -0.3 is 14.8 Å². The molecule has 0 unspecified atom stereocenters. The average Bonchev–Trinajstić information content (AvgIpc) is 2.61. The second-order valence-corrected chi connectivity index (χ2v) is 5.90. The maximum Gasteiger partial charge on any atom is 0.338 e. The van der Waals surface area contributed by atoms with Crippen molar-refractivity contribution >= 4 is 28.2 Å². The minimum atomic E-state index is -0.317. The van der Waals surface area contributed by atoms with Crippen LogP contribution in [0.25, 0.3) is 10.9 Å². The van der Waals surface area contributed by atoms with Crippen molar-refractivity contribution in [2.75, 3.05) is 12.4 Å². The number of hydrogen-bond donors (Lipinski definition) is 1. The minimum Gasteiger partial charge on any atom is -0.497 e. The number of pyridine rings is 1. The van der Waals surface area contributed by atoms with E-state index in [1.165, 1.54) is 0 Å². The summed E-state index contributed by atoms with van der Waals surface area (Å²) in [7, 11) is 1.63. The molecule has 1 aromatic heterocycles. The molecule has 25 heavy (non-hydrogen) atoms. The lowest BCUT2D eigenvalue weighted by Gasteiger charge is -2.11. The van der Waals surface area contributed by atoms with Gasteiger partial charge in [-0.1, -0.05) is 0 Å². The highest BCUT2D eigenvalue weighted by Crippen LogP contribution is 2.28. The Hall–Kier alpha value is -3.08. The van der Waals surface area contributed by atoms with Crippen LogP contribution < -0.4 is 10.1 Å². The number of benzene rings is 2. The molecule has 0 aliphatic rings. The molecule has 0 aliphatic heterocycles. The molecule has 2 aromatic carbocycles. The molecule has 0 radical (unpaired) electrons. The topological polar surface area (TPSA) is 60.5 Å². The number of methoxy groups -OCH3 is 1. The van der Waals surface area contributed by atoms with Gasteiger partial charge in [0.15, 0.2) is 0 Å². The van der Waals surface area contributed by atoms with Crippen LogP contribution in [0.4, 0.5) is 11.4 Å². The minimum absolute atomic E-state index is 0.134. The fourth-order valence-corrected chi connectivity index (χ4v) is 2.49. The normalized spacial score (nSPS) is 10.7. The quantitative estimate of drug-likeness (QED) is 0.693. The van der Waals surface area contributed by atoms with Gasteiger partial charge in [-0.2, -0.15) is 0 Å². The number of anilines is 2. The predicted molar refractivity (Wildman–Crippen MR) is 98.6 cm³/mol. The van der Waals surface area contributed by atoms with Gasteiger partial charge in [-0.05, 0) is 56.3 Å². The first-order valence-corrected chi connectivity index (χ1v) is 8.07. The van der Waals surface area contributed by atoms with Gasteiger partial charge in [0.25, 0.3) is 0 Å². The van der Waals surface area contributed by atoms with Gasteiger partial charge in [0, 0.05) is 29.0 Å². The molecule has 0 bridgehead atoms. The summed E-state index contributed by atoms with van der Waals surface area (Å²) in [6, 6.07) is 14.9. The maximum absolute atomic E-state index is 11.9. The van der Waals surface area contributed by atoms with E-state index >= 15 is 0 Å². The van der Waals surface area contributed by atoms with Gasteiger partial charge in [0.2, 0.25) is 0 Å². The maximum atomic E-state index is 11.9. The zero-order valence-electron chi connectivity index (χ0n) is 14.4. The van der Waals surface area contributed by atoms with Crippen LogP contribution in [0.5, 0.6) is 5.75 Å². The number of hydrogen-bond acceptors (Lipinski definition) is 5. The second kappa shape index (κ2) is 7.21. The summed E-state index contributed by atoms with van der Waals surface area (Å²) in [6.45, 7) is 3.66. The Kier molecular flexibility index (Phi) is 4.84. The molecule has 0 saturated heterocycles. The van der Waals surface area contributed by atoms with Gasteiger partial charge in [-0.3, -0.25) is 4.98 Å². The molecule has 1 N–H and O–H groups in total. The van der Waals surface area contributed by atoms with Crippen molar-refractivity contribution in [2.45, 2.75) is 20.0 Å². The van der Waals surface area contributed by atoms with E-state index in [4.69, 9.17) is 9.47 Å². The van der Waals surface area contributed by atoms with E-state index in [1.807, 2.05) is 50.2 Å². The number of esters is 1. The first kappa shape index (κ1) is 16.8. The molecule has 0 aliphatic carbocycles.